The normalized spacial score (nSPS) is 16.9. The highest BCUT2D eigenvalue weighted by molar-refractivity contribution is 6.30. The molecule has 3 rings (SSSR count). The first-order chi connectivity index (χ1) is 13.4. The number of anilines is 1. The van der Waals surface area contributed by atoms with Gasteiger partial charge in [-0.2, -0.15) is 0 Å². The molecule has 1 aliphatic heterocycles. The summed E-state index contributed by atoms with van der Waals surface area (Å²) in [6.45, 7) is 7.25. The number of ether oxygens (including phenoxy) is 1. The van der Waals surface area contributed by atoms with Gasteiger partial charge in [-0.05, 0) is 80.6 Å². The van der Waals surface area contributed by atoms with Crippen molar-refractivity contribution in [3.8, 4) is 0 Å². The molecule has 0 bridgehead atoms. The molecule has 0 unspecified atom stereocenters. The summed E-state index contributed by atoms with van der Waals surface area (Å²) in [5.41, 5.74) is 4.64. The Hall–Kier alpha value is -2.37. The molecule has 1 saturated heterocycles. The topological polar surface area (TPSA) is 62.7 Å². The Morgan fingerprint density at radius 1 is 1.14 bits per heavy atom. The Bertz CT molecular complexity index is 889. The predicted octanol–water partition coefficient (Wildman–Crippen LogP) is 4.64. The molecule has 2 N–H and O–H groups in total. The Labute approximate surface area is 171 Å². The molecular weight excluding hydrogens is 374 g/mol. The third-order valence-corrected chi connectivity index (χ3v) is 5.15. The van der Waals surface area contributed by atoms with Crippen molar-refractivity contribution in [2.24, 2.45) is 4.99 Å². The van der Waals surface area contributed by atoms with Crippen molar-refractivity contribution >= 4 is 29.2 Å². The van der Waals surface area contributed by atoms with Crippen LogP contribution in [0.1, 0.15) is 39.9 Å². The lowest BCUT2D eigenvalue weighted by Crippen LogP contribution is -2.37. The maximum absolute atomic E-state index is 12.8. The van der Waals surface area contributed by atoms with E-state index in [2.05, 4.69) is 15.6 Å². The van der Waals surface area contributed by atoms with Crippen molar-refractivity contribution in [1.29, 1.82) is 0 Å². The van der Waals surface area contributed by atoms with Gasteiger partial charge >= 0.3 is 0 Å². The number of benzene rings is 2. The van der Waals surface area contributed by atoms with E-state index in [4.69, 9.17) is 16.3 Å². The minimum absolute atomic E-state index is 0.0987. The fourth-order valence-electron chi connectivity index (χ4n) is 3.05. The van der Waals surface area contributed by atoms with Crippen LogP contribution in [0, 0.1) is 20.8 Å². The second-order valence-corrected chi connectivity index (χ2v) is 7.60. The zero-order valence-electron chi connectivity index (χ0n) is 16.5. The zero-order chi connectivity index (χ0) is 20.1. The van der Waals surface area contributed by atoms with Crippen LogP contribution in [0.5, 0.6) is 0 Å². The first-order valence-corrected chi connectivity index (χ1v) is 9.88. The number of hydrogen-bond acceptors (Lipinski definition) is 3. The van der Waals surface area contributed by atoms with E-state index in [1.165, 1.54) is 0 Å². The van der Waals surface area contributed by atoms with Crippen LogP contribution in [0.15, 0.2) is 41.4 Å². The van der Waals surface area contributed by atoms with E-state index in [1.807, 2.05) is 51.1 Å². The Morgan fingerprint density at radius 2 is 1.96 bits per heavy atom. The fourth-order valence-corrected chi connectivity index (χ4v) is 3.28. The number of hydrogen-bond donors (Lipinski definition) is 2. The SMILES string of the molecule is Cc1ccc(C(=O)NC(=NC[C@@H]2CCCO2)Nc2ccc(Cl)cc2C)cc1C. The number of amides is 1. The van der Waals surface area contributed by atoms with Crippen molar-refractivity contribution < 1.29 is 9.53 Å². The predicted molar refractivity (Wildman–Crippen MR) is 114 cm³/mol. The molecule has 28 heavy (non-hydrogen) atoms. The van der Waals surface area contributed by atoms with E-state index >= 15 is 0 Å². The molecule has 6 heteroatoms. The standard InChI is InChI=1S/C22H26ClN3O2/c1-14-6-7-17(11-15(14)2)21(27)26-22(24-13-19-5-4-10-28-19)25-20-9-8-18(23)12-16(20)3/h6-9,11-12,19H,4-5,10,13H2,1-3H3,(H2,24,25,26,27)/t19-/m0/s1. The summed E-state index contributed by atoms with van der Waals surface area (Å²) in [6, 6.07) is 11.2. The van der Waals surface area contributed by atoms with E-state index < -0.39 is 0 Å². The van der Waals surface area contributed by atoms with E-state index in [-0.39, 0.29) is 12.0 Å². The van der Waals surface area contributed by atoms with Crippen molar-refractivity contribution in [1.82, 2.24) is 5.32 Å². The number of guanidine groups is 1. The molecule has 0 saturated carbocycles. The smallest absolute Gasteiger partial charge is 0.257 e. The Kier molecular flexibility index (Phi) is 6.70. The van der Waals surface area contributed by atoms with Gasteiger partial charge in [0, 0.05) is 22.9 Å². The highest BCUT2D eigenvalue weighted by atomic mass is 35.5. The van der Waals surface area contributed by atoms with Gasteiger partial charge in [0.2, 0.25) is 5.96 Å². The van der Waals surface area contributed by atoms with Gasteiger partial charge < -0.3 is 10.1 Å². The monoisotopic (exact) mass is 399 g/mol. The summed E-state index contributed by atoms with van der Waals surface area (Å²) < 4.78 is 5.65. The molecule has 1 heterocycles. The fraction of sp³-hybridized carbons (Fsp3) is 0.364. The molecule has 2 aromatic rings. The summed E-state index contributed by atoms with van der Waals surface area (Å²) in [4.78, 5) is 17.3. The van der Waals surface area contributed by atoms with Crippen LogP contribution in [0.3, 0.4) is 0 Å². The van der Waals surface area contributed by atoms with Crippen LogP contribution in [0.4, 0.5) is 5.69 Å². The molecule has 1 aliphatic rings. The van der Waals surface area contributed by atoms with Crippen molar-refractivity contribution in [2.75, 3.05) is 18.5 Å². The van der Waals surface area contributed by atoms with Gasteiger partial charge in [0.1, 0.15) is 0 Å². The van der Waals surface area contributed by atoms with E-state index in [9.17, 15) is 4.79 Å². The van der Waals surface area contributed by atoms with Crippen LogP contribution in [0.2, 0.25) is 5.02 Å². The summed E-state index contributed by atoms with van der Waals surface area (Å²) in [5, 5.41) is 6.80. The molecule has 1 amide bonds. The largest absolute Gasteiger partial charge is 0.376 e. The van der Waals surface area contributed by atoms with Crippen LogP contribution in [-0.2, 0) is 4.74 Å². The van der Waals surface area contributed by atoms with E-state index in [1.54, 1.807) is 6.07 Å². The quantitative estimate of drug-likeness (QED) is 0.581. The molecule has 5 nitrogen and oxygen atoms in total. The average Bonchev–Trinajstić information content (AvgIpc) is 3.17. The summed E-state index contributed by atoms with van der Waals surface area (Å²) in [7, 11) is 0. The van der Waals surface area contributed by atoms with Gasteiger partial charge in [0.25, 0.3) is 5.91 Å². The van der Waals surface area contributed by atoms with Gasteiger partial charge in [-0.15, -0.1) is 0 Å². The molecule has 0 radical (unpaired) electrons. The number of carbonyl (C=O) groups is 1. The van der Waals surface area contributed by atoms with Gasteiger partial charge in [0.05, 0.1) is 12.6 Å². The highest BCUT2D eigenvalue weighted by Gasteiger charge is 2.16. The second kappa shape index (κ2) is 9.22. The molecule has 0 aromatic heterocycles. The second-order valence-electron chi connectivity index (χ2n) is 7.16. The third kappa shape index (κ3) is 5.33. The van der Waals surface area contributed by atoms with Crippen molar-refractivity contribution in [3.63, 3.8) is 0 Å². The Balaban J connectivity index is 1.79. The molecule has 2 aromatic carbocycles. The zero-order valence-corrected chi connectivity index (χ0v) is 17.3. The number of carbonyl (C=O) groups excluding carboxylic acids is 1. The van der Waals surface area contributed by atoms with E-state index in [0.29, 0.717) is 23.1 Å². The van der Waals surface area contributed by atoms with Gasteiger partial charge in [-0.25, -0.2) is 4.99 Å². The number of nitrogens with one attached hydrogen (secondary N) is 2. The molecule has 1 fully saturated rings. The first-order valence-electron chi connectivity index (χ1n) is 9.50. The third-order valence-electron chi connectivity index (χ3n) is 4.92. The van der Waals surface area contributed by atoms with Crippen molar-refractivity contribution in [3.05, 3.63) is 63.7 Å². The number of aliphatic imine (C=N–C) groups is 1. The molecule has 0 spiro atoms. The Morgan fingerprint density at radius 3 is 2.64 bits per heavy atom. The van der Waals surface area contributed by atoms with Gasteiger partial charge in [0.15, 0.2) is 0 Å². The number of halogens is 1. The van der Waals surface area contributed by atoms with E-state index in [0.717, 1.165) is 41.8 Å². The molecule has 0 aliphatic carbocycles. The maximum Gasteiger partial charge on any atom is 0.257 e. The van der Waals surface area contributed by atoms with Gasteiger partial charge in [-0.1, -0.05) is 17.7 Å². The maximum atomic E-state index is 12.8. The lowest BCUT2D eigenvalue weighted by atomic mass is 10.1. The van der Waals surface area contributed by atoms with Crippen molar-refractivity contribution in [2.45, 2.75) is 39.7 Å². The summed E-state index contributed by atoms with van der Waals surface area (Å²) in [6.07, 6.45) is 2.14. The van der Waals surface area contributed by atoms with Crippen LogP contribution >= 0.6 is 11.6 Å². The molecular formula is C22H26ClN3O2. The minimum Gasteiger partial charge on any atom is -0.376 e. The summed E-state index contributed by atoms with van der Waals surface area (Å²) in [5.74, 6) is 0.206. The van der Waals surface area contributed by atoms with Gasteiger partial charge in [-0.3, -0.25) is 10.1 Å². The molecule has 1 atom stereocenters. The highest BCUT2D eigenvalue weighted by Crippen LogP contribution is 2.20. The lowest BCUT2D eigenvalue weighted by Gasteiger charge is -2.15. The number of nitrogens with zero attached hydrogens (tertiary/aromatic N) is 1. The van der Waals surface area contributed by atoms with Crippen LogP contribution in [-0.4, -0.2) is 31.1 Å². The summed E-state index contributed by atoms with van der Waals surface area (Å²) >= 11 is 6.05. The van der Waals surface area contributed by atoms with Crippen LogP contribution in [0.25, 0.3) is 0 Å². The number of aryl methyl sites for hydroxylation is 3. The minimum atomic E-state index is -0.201. The number of rotatable bonds is 4. The first kappa shape index (κ1) is 20.4. The lowest BCUT2D eigenvalue weighted by molar-refractivity contribution is 0.0975. The van der Waals surface area contributed by atoms with Crippen LogP contribution < -0.4 is 10.6 Å². The molecule has 148 valence electrons. The average molecular weight is 400 g/mol.